The molecule has 3 aliphatic rings. The molecule has 0 saturated carbocycles. The predicted octanol–water partition coefficient (Wildman–Crippen LogP) is 0.633. The monoisotopic (exact) mass is 438 g/mol. The third-order valence-electron chi connectivity index (χ3n) is 6.55. The van der Waals surface area contributed by atoms with Crippen molar-refractivity contribution < 1.29 is 14.3 Å². The molecule has 2 aromatic heterocycles. The van der Waals surface area contributed by atoms with E-state index in [0.29, 0.717) is 24.5 Å². The number of carbonyl (C=O) groups excluding carboxylic acids is 2. The topological polar surface area (TPSA) is 110 Å². The summed E-state index contributed by atoms with van der Waals surface area (Å²) in [7, 11) is 0. The maximum absolute atomic E-state index is 13.0. The minimum Gasteiger partial charge on any atom is -0.456 e. The van der Waals surface area contributed by atoms with Crippen LogP contribution < -0.4 is 0 Å². The molecule has 2 fully saturated rings. The second-order valence-corrected chi connectivity index (χ2v) is 8.38. The highest BCUT2D eigenvalue weighted by Gasteiger charge is 2.39. The van der Waals surface area contributed by atoms with Crippen molar-refractivity contribution in [1.82, 2.24) is 39.9 Å². The Morgan fingerprint density at radius 1 is 1.12 bits per heavy atom. The summed E-state index contributed by atoms with van der Waals surface area (Å²) in [5.74, 6) is 0.378. The molecule has 0 bridgehead atoms. The van der Waals surface area contributed by atoms with Crippen molar-refractivity contribution in [3.05, 3.63) is 41.5 Å². The summed E-state index contributed by atoms with van der Waals surface area (Å²) < 4.78 is 6.61. The third kappa shape index (κ3) is 3.95. The predicted molar refractivity (Wildman–Crippen MR) is 113 cm³/mol. The number of hydrogen-bond donors (Lipinski definition) is 0. The molecule has 0 aromatic carbocycles. The summed E-state index contributed by atoms with van der Waals surface area (Å²) in [5.41, 5.74) is 2.45. The smallest absolute Gasteiger partial charge is 0.336 e. The van der Waals surface area contributed by atoms with Crippen LogP contribution in [-0.2, 0) is 16.0 Å². The Labute approximate surface area is 185 Å². The van der Waals surface area contributed by atoms with Gasteiger partial charge in [0.05, 0.1) is 11.3 Å². The van der Waals surface area contributed by atoms with E-state index < -0.39 is 0 Å². The third-order valence-corrected chi connectivity index (χ3v) is 6.55. The molecule has 11 heteroatoms. The first-order valence-electron chi connectivity index (χ1n) is 11.0. The maximum atomic E-state index is 13.0. The molecule has 2 amide bonds. The molecule has 0 N–H and O–H groups in total. The van der Waals surface area contributed by atoms with E-state index in [2.05, 4.69) is 31.5 Å². The van der Waals surface area contributed by atoms with Gasteiger partial charge in [0.15, 0.2) is 5.82 Å². The van der Waals surface area contributed by atoms with E-state index in [4.69, 9.17) is 4.74 Å². The van der Waals surface area contributed by atoms with Gasteiger partial charge in [-0.3, -0.25) is 4.90 Å². The number of urea groups is 1. The normalized spacial score (nSPS) is 20.5. The molecule has 0 atom stereocenters. The highest BCUT2D eigenvalue weighted by atomic mass is 16.5. The molecular weight excluding hydrogens is 412 g/mol. The fourth-order valence-corrected chi connectivity index (χ4v) is 4.60. The lowest BCUT2D eigenvalue weighted by molar-refractivity contribution is -0.136. The van der Waals surface area contributed by atoms with Crippen LogP contribution in [0.2, 0.25) is 0 Å². The Bertz CT molecular complexity index is 1010. The van der Waals surface area contributed by atoms with Gasteiger partial charge in [-0.15, -0.1) is 5.10 Å². The van der Waals surface area contributed by atoms with Crippen molar-refractivity contribution in [1.29, 1.82) is 0 Å². The Hall–Kier alpha value is -3.34. The summed E-state index contributed by atoms with van der Waals surface area (Å²) >= 11 is 0. The number of likely N-dealkylation sites (tertiary alicyclic amines) is 1. The number of piperidine rings is 1. The van der Waals surface area contributed by atoms with Gasteiger partial charge in [0.1, 0.15) is 12.9 Å². The Morgan fingerprint density at radius 3 is 2.62 bits per heavy atom. The zero-order valence-corrected chi connectivity index (χ0v) is 18.1. The Kier molecular flexibility index (Phi) is 5.56. The fraction of sp³-hybridized carbons (Fsp3) is 0.524. The van der Waals surface area contributed by atoms with Crippen molar-refractivity contribution in [2.24, 2.45) is 0 Å². The zero-order valence-electron chi connectivity index (χ0n) is 18.1. The number of esters is 1. The number of ether oxygens (including phenoxy) is 1. The van der Waals surface area contributed by atoms with Gasteiger partial charge in [-0.2, -0.15) is 4.68 Å². The van der Waals surface area contributed by atoms with Gasteiger partial charge in [-0.05, 0) is 48.2 Å². The minimum atomic E-state index is -0.320. The second kappa shape index (κ2) is 8.65. The number of pyridine rings is 1. The number of nitrogens with zero attached hydrogens (tertiary/aromatic N) is 8. The summed E-state index contributed by atoms with van der Waals surface area (Å²) in [6.07, 6.45) is 6.24. The average molecular weight is 438 g/mol. The van der Waals surface area contributed by atoms with Crippen LogP contribution >= 0.6 is 0 Å². The second-order valence-electron chi connectivity index (χ2n) is 8.38. The largest absolute Gasteiger partial charge is 0.456 e. The van der Waals surface area contributed by atoms with Gasteiger partial charge in [0.25, 0.3) is 0 Å². The SMILES string of the molecule is CC1=C(N2CCN(C3CCN(CCc4ccc(-n5cnnn5)nc4)CC3)C2=O)COC1=O. The van der Waals surface area contributed by atoms with Crippen LogP contribution in [0.25, 0.3) is 5.82 Å². The molecule has 5 heterocycles. The van der Waals surface area contributed by atoms with Crippen molar-refractivity contribution in [2.45, 2.75) is 32.2 Å². The van der Waals surface area contributed by atoms with E-state index in [9.17, 15) is 9.59 Å². The number of tetrazole rings is 1. The first-order valence-corrected chi connectivity index (χ1v) is 11.0. The van der Waals surface area contributed by atoms with E-state index >= 15 is 0 Å². The van der Waals surface area contributed by atoms with Gasteiger partial charge in [0.2, 0.25) is 0 Å². The number of amides is 2. The van der Waals surface area contributed by atoms with Crippen LogP contribution in [0.5, 0.6) is 0 Å². The van der Waals surface area contributed by atoms with Crippen molar-refractivity contribution >= 4 is 12.0 Å². The summed E-state index contributed by atoms with van der Waals surface area (Å²) in [6.45, 7) is 6.15. The first kappa shape index (κ1) is 20.6. The van der Waals surface area contributed by atoms with Crippen molar-refractivity contribution in [2.75, 3.05) is 39.3 Å². The van der Waals surface area contributed by atoms with Crippen LogP contribution in [0, 0.1) is 0 Å². The fourth-order valence-electron chi connectivity index (χ4n) is 4.60. The van der Waals surface area contributed by atoms with E-state index in [-0.39, 0.29) is 24.6 Å². The van der Waals surface area contributed by atoms with Crippen LogP contribution in [0.15, 0.2) is 35.9 Å². The number of hydrogen-bond acceptors (Lipinski definition) is 8. The molecule has 3 aliphatic heterocycles. The number of rotatable bonds is 6. The molecular formula is C21H26N8O3. The molecule has 0 radical (unpaired) electrons. The van der Waals surface area contributed by atoms with Crippen molar-refractivity contribution in [3.63, 3.8) is 0 Å². The lowest BCUT2D eigenvalue weighted by Crippen LogP contribution is -2.46. The Morgan fingerprint density at radius 2 is 1.97 bits per heavy atom. The van der Waals surface area contributed by atoms with E-state index in [1.807, 2.05) is 17.2 Å². The number of cyclic esters (lactones) is 1. The van der Waals surface area contributed by atoms with E-state index in [1.165, 1.54) is 16.6 Å². The minimum absolute atomic E-state index is 0.00449. The lowest BCUT2D eigenvalue weighted by atomic mass is 10.0. The molecule has 5 rings (SSSR count). The first-order chi connectivity index (χ1) is 15.6. The van der Waals surface area contributed by atoms with Gasteiger partial charge in [0, 0.05) is 45.0 Å². The van der Waals surface area contributed by atoms with Crippen LogP contribution in [0.1, 0.15) is 25.3 Å². The maximum Gasteiger partial charge on any atom is 0.336 e. The van der Waals surface area contributed by atoms with Crippen LogP contribution in [-0.4, -0.2) is 97.3 Å². The molecule has 2 aromatic rings. The summed E-state index contributed by atoms with van der Waals surface area (Å²) in [6, 6.07) is 4.23. The average Bonchev–Trinajstić information content (AvgIpc) is 3.55. The Balaban J connectivity index is 1.10. The molecule has 11 nitrogen and oxygen atoms in total. The van der Waals surface area contributed by atoms with Gasteiger partial charge < -0.3 is 14.5 Å². The molecule has 0 aliphatic carbocycles. The number of carbonyl (C=O) groups is 2. The van der Waals surface area contributed by atoms with E-state index in [0.717, 1.165) is 44.6 Å². The highest BCUT2D eigenvalue weighted by Crippen LogP contribution is 2.27. The lowest BCUT2D eigenvalue weighted by Gasteiger charge is -2.36. The standard InChI is InChI=1S/C21H26N8O3/c1-15-18(13-32-20(15)30)28-11-10-27(21(28)31)17-5-8-26(9-6-17)7-4-16-2-3-19(22-12-16)29-14-23-24-25-29/h2-3,12,14,17H,4-11,13H2,1H3. The van der Waals surface area contributed by atoms with Gasteiger partial charge in [-0.1, -0.05) is 6.07 Å². The quantitative estimate of drug-likeness (QED) is 0.604. The molecule has 0 unspecified atom stereocenters. The van der Waals surface area contributed by atoms with Crippen molar-refractivity contribution in [3.8, 4) is 5.82 Å². The summed E-state index contributed by atoms with van der Waals surface area (Å²) in [4.78, 5) is 35.2. The number of aromatic nitrogens is 5. The highest BCUT2D eigenvalue weighted by molar-refractivity contribution is 5.92. The van der Waals surface area contributed by atoms with Gasteiger partial charge >= 0.3 is 12.0 Å². The molecule has 2 saturated heterocycles. The molecule has 0 spiro atoms. The van der Waals surface area contributed by atoms with Gasteiger partial charge in [-0.25, -0.2) is 14.6 Å². The zero-order chi connectivity index (χ0) is 22.1. The van der Waals surface area contributed by atoms with Crippen LogP contribution in [0.4, 0.5) is 4.79 Å². The van der Waals surface area contributed by atoms with Crippen LogP contribution in [0.3, 0.4) is 0 Å². The summed E-state index contributed by atoms with van der Waals surface area (Å²) in [5, 5.41) is 11.1. The van der Waals surface area contributed by atoms with E-state index in [1.54, 1.807) is 11.8 Å². The molecule has 168 valence electrons. The molecule has 32 heavy (non-hydrogen) atoms.